The van der Waals surface area contributed by atoms with E-state index >= 15 is 0 Å². The number of carbonyl (C=O) groups is 1. The van der Waals surface area contributed by atoms with Crippen molar-refractivity contribution in [2.24, 2.45) is 10.7 Å². The molecule has 0 bridgehead atoms. The molecule has 0 atom stereocenters. The first-order chi connectivity index (χ1) is 6.69. The quantitative estimate of drug-likeness (QED) is 0.605. The lowest BCUT2D eigenvalue weighted by Crippen LogP contribution is -2.10. The van der Waals surface area contributed by atoms with Gasteiger partial charge in [-0.3, -0.25) is 4.79 Å². The Kier molecular flexibility index (Phi) is 3.34. The Morgan fingerprint density at radius 2 is 2.36 bits per heavy atom. The zero-order valence-electron chi connectivity index (χ0n) is 7.48. The minimum Gasteiger partial charge on any atom is -0.494 e. The number of methoxy groups -OCH3 is 1. The molecule has 1 amide bonds. The summed E-state index contributed by atoms with van der Waals surface area (Å²) in [6.45, 7) is 0. The lowest BCUT2D eigenvalue weighted by molar-refractivity contribution is 0.1000. The molecule has 0 aliphatic rings. The fourth-order valence-electron chi connectivity index (χ4n) is 0.972. The number of aliphatic imine (C=N–C) groups is 1. The van der Waals surface area contributed by atoms with Crippen molar-refractivity contribution in [2.75, 3.05) is 7.11 Å². The minimum atomic E-state index is -0.513. The average molecular weight is 208 g/mol. The number of amides is 1. The molecular formula is C9H8N2O2S. The molecule has 2 N–H and O–H groups in total. The van der Waals surface area contributed by atoms with Crippen LogP contribution in [0.4, 0.5) is 5.69 Å². The zero-order valence-corrected chi connectivity index (χ0v) is 8.30. The maximum absolute atomic E-state index is 10.8. The number of carbonyl (C=O) groups excluding carboxylic acids is 1. The predicted molar refractivity (Wildman–Crippen MR) is 56.2 cm³/mol. The molecule has 4 nitrogen and oxygen atoms in total. The van der Waals surface area contributed by atoms with Crippen molar-refractivity contribution in [1.82, 2.24) is 0 Å². The Morgan fingerprint density at radius 3 is 2.86 bits per heavy atom. The van der Waals surface area contributed by atoms with Crippen molar-refractivity contribution in [3.8, 4) is 5.75 Å². The Morgan fingerprint density at radius 1 is 1.64 bits per heavy atom. The molecule has 0 unspecified atom stereocenters. The molecular weight excluding hydrogens is 200 g/mol. The largest absolute Gasteiger partial charge is 0.494 e. The molecule has 72 valence electrons. The van der Waals surface area contributed by atoms with Crippen LogP contribution in [0.25, 0.3) is 0 Å². The van der Waals surface area contributed by atoms with Crippen LogP contribution in [0.5, 0.6) is 5.75 Å². The highest BCUT2D eigenvalue weighted by atomic mass is 32.1. The molecule has 0 saturated carbocycles. The van der Waals surface area contributed by atoms with Gasteiger partial charge in [-0.1, -0.05) is 0 Å². The average Bonchev–Trinajstić information content (AvgIpc) is 2.18. The molecule has 0 spiro atoms. The molecule has 0 saturated heterocycles. The van der Waals surface area contributed by atoms with E-state index < -0.39 is 5.91 Å². The third kappa shape index (κ3) is 2.16. The van der Waals surface area contributed by atoms with E-state index in [2.05, 4.69) is 22.4 Å². The third-order valence-corrected chi connectivity index (χ3v) is 1.72. The second-order valence-corrected chi connectivity index (χ2v) is 2.64. The summed E-state index contributed by atoms with van der Waals surface area (Å²) < 4.78 is 5.00. The Balaban J connectivity index is 3.24. The summed E-state index contributed by atoms with van der Waals surface area (Å²) in [7, 11) is 1.47. The van der Waals surface area contributed by atoms with Crippen LogP contribution in [0.2, 0.25) is 0 Å². The fraction of sp³-hybridized carbons (Fsp3) is 0.111. The van der Waals surface area contributed by atoms with Gasteiger partial charge < -0.3 is 10.5 Å². The third-order valence-electron chi connectivity index (χ3n) is 1.63. The number of isothiocyanates is 1. The molecule has 0 aliphatic heterocycles. The molecule has 0 radical (unpaired) electrons. The number of benzene rings is 1. The van der Waals surface area contributed by atoms with Gasteiger partial charge in [0.1, 0.15) is 11.4 Å². The van der Waals surface area contributed by atoms with E-state index in [1.807, 2.05) is 0 Å². The highest BCUT2D eigenvalue weighted by Gasteiger charge is 2.06. The summed E-state index contributed by atoms with van der Waals surface area (Å²) >= 11 is 4.46. The lowest BCUT2D eigenvalue weighted by Gasteiger charge is -2.04. The summed E-state index contributed by atoms with van der Waals surface area (Å²) in [5.41, 5.74) is 5.99. The van der Waals surface area contributed by atoms with Gasteiger partial charge >= 0.3 is 0 Å². The summed E-state index contributed by atoms with van der Waals surface area (Å²) in [5.74, 6) is -0.0696. The van der Waals surface area contributed by atoms with Gasteiger partial charge in [-0.25, -0.2) is 0 Å². The summed E-state index contributed by atoms with van der Waals surface area (Å²) in [4.78, 5) is 14.6. The van der Waals surface area contributed by atoms with Gasteiger partial charge in [0.15, 0.2) is 0 Å². The van der Waals surface area contributed by atoms with Gasteiger partial charge in [-0.05, 0) is 30.4 Å². The molecule has 0 aliphatic carbocycles. The summed E-state index contributed by atoms with van der Waals surface area (Å²) in [6.07, 6.45) is 0. The Hall–Kier alpha value is -1.71. The van der Waals surface area contributed by atoms with Crippen molar-refractivity contribution < 1.29 is 9.53 Å². The van der Waals surface area contributed by atoms with Crippen molar-refractivity contribution in [3.05, 3.63) is 23.8 Å². The van der Waals surface area contributed by atoms with Crippen molar-refractivity contribution in [2.45, 2.75) is 0 Å². The zero-order chi connectivity index (χ0) is 10.6. The van der Waals surface area contributed by atoms with E-state index in [0.29, 0.717) is 17.0 Å². The first-order valence-electron chi connectivity index (χ1n) is 3.74. The molecule has 5 heteroatoms. The van der Waals surface area contributed by atoms with Gasteiger partial charge in [-0.15, -0.1) is 0 Å². The topological polar surface area (TPSA) is 64.7 Å². The lowest BCUT2D eigenvalue weighted by atomic mass is 10.2. The van der Waals surface area contributed by atoms with Crippen LogP contribution >= 0.6 is 12.2 Å². The molecule has 0 heterocycles. The highest BCUT2D eigenvalue weighted by molar-refractivity contribution is 7.78. The SMILES string of the molecule is COc1cc(C(N)=O)ccc1N=C=S. The standard InChI is InChI=1S/C9H8N2O2S/c1-13-8-4-6(9(10)12)2-3-7(8)11-5-14/h2-4H,1H3,(H2,10,12). The maximum atomic E-state index is 10.8. The first kappa shape index (κ1) is 10.4. The van der Waals surface area contributed by atoms with Gasteiger partial charge in [-0.2, -0.15) is 4.99 Å². The van der Waals surface area contributed by atoms with Gasteiger partial charge in [0.25, 0.3) is 0 Å². The van der Waals surface area contributed by atoms with E-state index in [9.17, 15) is 4.79 Å². The monoisotopic (exact) mass is 208 g/mol. The number of rotatable bonds is 3. The number of nitrogens with two attached hydrogens (primary N) is 1. The number of thiocarbonyl (C=S) groups is 1. The predicted octanol–water partition coefficient (Wildman–Crippen LogP) is 1.53. The van der Waals surface area contributed by atoms with Gasteiger partial charge in [0, 0.05) is 5.56 Å². The minimum absolute atomic E-state index is 0.366. The van der Waals surface area contributed by atoms with Crippen LogP contribution in [0.1, 0.15) is 10.4 Å². The van der Waals surface area contributed by atoms with E-state index in [1.165, 1.54) is 13.2 Å². The van der Waals surface area contributed by atoms with Crippen LogP contribution in [-0.2, 0) is 0 Å². The number of hydrogen-bond donors (Lipinski definition) is 1. The highest BCUT2D eigenvalue weighted by Crippen LogP contribution is 2.27. The Bertz CT molecular complexity index is 411. The van der Waals surface area contributed by atoms with E-state index in [1.54, 1.807) is 12.1 Å². The maximum Gasteiger partial charge on any atom is 0.248 e. The van der Waals surface area contributed by atoms with Crippen molar-refractivity contribution in [1.29, 1.82) is 0 Å². The van der Waals surface area contributed by atoms with Crippen LogP contribution in [0.3, 0.4) is 0 Å². The van der Waals surface area contributed by atoms with Crippen molar-refractivity contribution in [3.63, 3.8) is 0 Å². The molecule has 1 rings (SSSR count). The Labute approximate surface area is 86.4 Å². The van der Waals surface area contributed by atoms with Crippen LogP contribution in [0.15, 0.2) is 23.2 Å². The molecule has 0 fully saturated rings. The molecule has 1 aromatic carbocycles. The summed E-state index contributed by atoms with van der Waals surface area (Å²) in [6, 6.07) is 4.66. The second kappa shape index (κ2) is 4.50. The van der Waals surface area contributed by atoms with Gasteiger partial charge in [0.05, 0.1) is 12.3 Å². The second-order valence-electron chi connectivity index (χ2n) is 2.45. The first-order valence-corrected chi connectivity index (χ1v) is 4.15. The fourth-order valence-corrected chi connectivity index (χ4v) is 1.07. The number of primary amides is 1. The van der Waals surface area contributed by atoms with Crippen LogP contribution in [-0.4, -0.2) is 18.2 Å². The van der Waals surface area contributed by atoms with Crippen molar-refractivity contribution >= 4 is 29.0 Å². The molecule has 1 aromatic rings. The number of hydrogen-bond acceptors (Lipinski definition) is 4. The molecule has 0 aromatic heterocycles. The normalized spacial score (nSPS) is 8.93. The van der Waals surface area contributed by atoms with E-state index in [-0.39, 0.29) is 0 Å². The van der Waals surface area contributed by atoms with E-state index in [4.69, 9.17) is 10.5 Å². The number of nitrogens with zero attached hydrogens (tertiary/aromatic N) is 1. The van der Waals surface area contributed by atoms with Gasteiger partial charge in [0.2, 0.25) is 5.91 Å². The van der Waals surface area contributed by atoms with Crippen LogP contribution < -0.4 is 10.5 Å². The number of ether oxygens (including phenoxy) is 1. The summed E-state index contributed by atoms with van der Waals surface area (Å²) in [5, 5.41) is 2.22. The van der Waals surface area contributed by atoms with Crippen LogP contribution in [0, 0.1) is 0 Å². The smallest absolute Gasteiger partial charge is 0.248 e. The molecule has 14 heavy (non-hydrogen) atoms. The van der Waals surface area contributed by atoms with E-state index in [0.717, 1.165) is 0 Å².